The highest BCUT2D eigenvalue weighted by molar-refractivity contribution is 5.74. The number of hydrogen-bond donors (Lipinski definition) is 2. The van der Waals surface area contributed by atoms with E-state index in [1.165, 1.54) is 12.1 Å². The van der Waals surface area contributed by atoms with Gasteiger partial charge in [-0.2, -0.15) is 18.0 Å². The number of hydrogen-bond acceptors (Lipinski definition) is 5. The van der Waals surface area contributed by atoms with Gasteiger partial charge in [0, 0.05) is 5.56 Å². The summed E-state index contributed by atoms with van der Waals surface area (Å²) in [6, 6.07) is 4.51. The van der Waals surface area contributed by atoms with Gasteiger partial charge < -0.3 is 0 Å². The third-order valence-electron chi connectivity index (χ3n) is 2.35. The lowest BCUT2D eigenvalue weighted by Gasteiger charge is -2.06. The van der Waals surface area contributed by atoms with Gasteiger partial charge in [0.1, 0.15) is 6.54 Å². The second-order valence-corrected chi connectivity index (χ2v) is 3.79. The van der Waals surface area contributed by atoms with Gasteiger partial charge >= 0.3 is 6.18 Å². The van der Waals surface area contributed by atoms with Crippen molar-refractivity contribution >= 4 is 5.91 Å². The molecule has 20 heavy (non-hydrogen) atoms. The number of amides is 1. The Morgan fingerprint density at radius 1 is 1.40 bits per heavy atom. The van der Waals surface area contributed by atoms with Gasteiger partial charge in [-0.15, -0.1) is 10.2 Å². The Morgan fingerprint density at radius 3 is 2.80 bits per heavy atom. The van der Waals surface area contributed by atoms with E-state index in [0.29, 0.717) is 0 Å². The molecule has 106 valence electrons. The van der Waals surface area contributed by atoms with E-state index in [2.05, 4.69) is 15.4 Å². The highest BCUT2D eigenvalue weighted by Crippen LogP contribution is 2.31. The van der Waals surface area contributed by atoms with Gasteiger partial charge in [0.15, 0.2) is 0 Å². The molecule has 10 heteroatoms. The zero-order valence-electron chi connectivity index (χ0n) is 9.92. The predicted molar refractivity (Wildman–Crippen MR) is 60.6 cm³/mol. The van der Waals surface area contributed by atoms with Crippen molar-refractivity contribution in [3.8, 4) is 11.4 Å². The van der Waals surface area contributed by atoms with Crippen molar-refractivity contribution in [2.45, 2.75) is 12.7 Å². The minimum Gasteiger partial charge on any atom is -0.293 e. The number of rotatable bonds is 3. The molecule has 7 nitrogen and oxygen atoms in total. The van der Waals surface area contributed by atoms with E-state index in [9.17, 15) is 18.0 Å². The van der Waals surface area contributed by atoms with Crippen LogP contribution in [-0.4, -0.2) is 26.1 Å². The van der Waals surface area contributed by atoms with E-state index in [-0.39, 0.29) is 17.9 Å². The van der Waals surface area contributed by atoms with Crippen molar-refractivity contribution in [3.05, 3.63) is 29.8 Å². The summed E-state index contributed by atoms with van der Waals surface area (Å²) in [5.41, 5.74) is 1.21. The lowest BCUT2D eigenvalue weighted by molar-refractivity contribution is -0.137. The van der Waals surface area contributed by atoms with Crippen molar-refractivity contribution in [3.63, 3.8) is 0 Å². The van der Waals surface area contributed by atoms with E-state index < -0.39 is 17.6 Å². The van der Waals surface area contributed by atoms with Crippen molar-refractivity contribution in [2.75, 3.05) is 0 Å². The average molecular weight is 286 g/mol. The number of carbonyl (C=O) groups is 1. The van der Waals surface area contributed by atoms with Crippen molar-refractivity contribution in [1.29, 1.82) is 0 Å². The molecule has 3 N–H and O–H groups in total. The van der Waals surface area contributed by atoms with E-state index in [4.69, 9.17) is 5.84 Å². The maximum Gasteiger partial charge on any atom is 0.416 e. The molecule has 2 aromatic rings. The molecule has 0 aliphatic carbocycles. The van der Waals surface area contributed by atoms with Crippen molar-refractivity contribution in [2.24, 2.45) is 5.84 Å². The first-order chi connectivity index (χ1) is 9.40. The predicted octanol–water partition coefficient (Wildman–Crippen LogP) is 0.349. The smallest absolute Gasteiger partial charge is 0.293 e. The molecule has 0 fully saturated rings. The molecule has 0 saturated heterocycles. The Morgan fingerprint density at radius 2 is 2.15 bits per heavy atom. The molecule has 0 saturated carbocycles. The summed E-state index contributed by atoms with van der Waals surface area (Å²) in [7, 11) is 0. The summed E-state index contributed by atoms with van der Waals surface area (Å²) in [5, 5.41) is 10.9. The maximum atomic E-state index is 12.6. The first kappa shape index (κ1) is 13.9. The number of nitrogens with zero attached hydrogens (tertiary/aromatic N) is 4. The molecule has 1 aromatic heterocycles. The average Bonchev–Trinajstić information content (AvgIpc) is 2.86. The number of alkyl halides is 3. The fourth-order valence-electron chi connectivity index (χ4n) is 1.43. The quantitative estimate of drug-likeness (QED) is 0.482. The number of tetrazole rings is 1. The molecule has 0 atom stereocenters. The number of nitrogens with one attached hydrogen (secondary N) is 1. The number of aromatic nitrogens is 4. The fraction of sp³-hybridized carbons (Fsp3) is 0.200. The number of halogens is 3. The van der Waals surface area contributed by atoms with Gasteiger partial charge in [0.25, 0.3) is 5.91 Å². The van der Waals surface area contributed by atoms with Gasteiger partial charge in [-0.1, -0.05) is 12.1 Å². The molecule has 1 aromatic carbocycles. The maximum absolute atomic E-state index is 12.6. The molecule has 2 rings (SSSR count). The summed E-state index contributed by atoms with van der Waals surface area (Å²) < 4.78 is 37.7. The highest BCUT2D eigenvalue weighted by Gasteiger charge is 2.30. The van der Waals surface area contributed by atoms with E-state index in [1.54, 1.807) is 0 Å². The monoisotopic (exact) mass is 286 g/mol. The van der Waals surface area contributed by atoms with Crippen LogP contribution >= 0.6 is 0 Å². The van der Waals surface area contributed by atoms with Crippen molar-refractivity contribution in [1.82, 2.24) is 25.6 Å². The lowest BCUT2D eigenvalue weighted by atomic mass is 10.1. The Balaban J connectivity index is 2.26. The summed E-state index contributed by atoms with van der Waals surface area (Å²) in [4.78, 5) is 11.9. The van der Waals surface area contributed by atoms with Gasteiger partial charge in [0.05, 0.1) is 5.56 Å². The number of carbonyl (C=O) groups excluding carboxylic acids is 1. The van der Waals surface area contributed by atoms with Gasteiger partial charge in [0.2, 0.25) is 5.82 Å². The van der Waals surface area contributed by atoms with Crippen LogP contribution in [-0.2, 0) is 17.5 Å². The van der Waals surface area contributed by atoms with E-state index >= 15 is 0 Å². The molecule has 0 radical (unpaired) electrons. The standard InChI is InChI=1S/C10H9F3N6O/c11-10(12,13)7-3-1-2-6(4-7)9-16-18-19(17-9)5-8(20)15-14/h1-4H,5,14H2,(H,15,20). The minimum atomic E-state index is -4.45. The zero-order chi connectivity index (χ0) is 14.8. The SMILES string of the molecule is NNC(=O)Cn1nnc(-c2cccc(C(F)(F)F)c2)n1. The van der Waals surface area contributed by atoms with Crippen LogP contribution in [0.1, 0.15) is 5.56 Å². The first-order valence-corrected chi connectivity index (χ1v) is 5.35. The first-order valence-electron chi connectivity index (χ1n) is 5.35. The summed E-state index contributed by atoms with van der Waals surface area (Å²) in [6.07, 6.45) is -4.45. The Bertz CT molecular complexity index is 623. The Hall–Kier alpha value is -2.49. The molecule has 0 aliphatic rings. The normalized spacial score (nSPS) is 11.4. The van der Waals surface area contributed by atoms with Crippen LogP contribution in [0.5, 0.6) is 0 Å². The number of benzene rings is 1. The minimum absolute atomic E-state index is 0.0130. The van der Waals surface area contributed by atoms with Gasteiger partial charge in [-0.25, -0.2) is 5.84 Å². The summed E-state index contributed by atoms with van der Waals surface area (Å²) in [5.74, 6) is 4.32. The van der Waals surface area contributed by atoms with Crippen LogP contribution in [0.2, 0.25) is 0 Å². The third kappa shape index (κ3) is 3.09. The van der Waals surface area contributed by atoms with Crippen LogP contribution in [0.4, 0.5) is 13.2 Å². The molecule has 1 amide bonds. The molecule has 0 spiro atoms. The molecule has 0 aliphatic heterocycles. The highest BCUT2D eigenvalue weighted by atomic mass is 19.4. The third-order valence-corrected chi connectivity index (χ3v) is 2.35. The van der Waals surface area contributed by atoms with Crippen LogP contribution in [0, 0.1) is 0 Å². The largest absolute Gasteiger partial charge is 0.416 e. The number of nitrogens with two attached hydrogens (primary N) is 1. The van der Waals surface area contributed by atoms with Crippen LogP contribution in [0.15, 0.2) is 24.3 Å². The van der Waals surface area contributed by atoms with Crippen LogP contribution in [0.3, 0.4) is 0 Å². The zero-order valence-corrected chi connectivity index (χ0v) is 9.92. The number of hydrazine groups is 1. The molecule has 0 unspecified atom stereocenters. The second-order valence-electron chi connectivity index (χ2n) is 3.79. The van der Waals surface area contributed by atoms with Gasteiger partial charge in [-0.05, 0) is 17.3 Å². The Labute approximate surface area is 110 Å². The fourth-order valence-corrected chi connectivity index (χ4v) is 1.43. The van der Waals surface area contributed by atoms with Crippen LogP contribution < -0.4 is 11.3 Å². The van der Waals surface area contributed by atoms with E-state index in [1.807, 2.05) is 5.43 Å². The van der Waals surface area contributed by atoms with E-state index in [0.717, 1.165) is 16.9 Å². The lowest BCUT2D eigenvalue weighted by Crippen LogP contribution is -2.33. The summed E-state index contributed by atoms with van der Waals surface area (Å²) >= 11 is 0. The van der Waals surface area contributed by atoms with Gasteiger partial charge in [-0.3, -0.25) is 10.2 Å². The Kier molecular flexibility index (Phi) is 3.66. The molecular weight excluding hydrogens is 277 g/mol. The van der Waals surface area contributed by atoms with Crippen molar-refractivity contribution < 1.29 is 18.0 Å². The molecule has 0 bridgehead atoms. The van der Waals surface area contributed by atoms with Crippen LogP contribution in [0.25, 0.3) is 11.4 Å². The second kappa shape index (κ2) is 5.25. The summed E-state index contributed by atoms with van der Waals surface area (Å²) in [6.45, 7) is -0.275. The molecular formula is C10H9F3N6O. The topological polar surface area (TPSA) is 98.7 Å². The molecule has 1 heterocycles.